The first kappa shape index (κ1) is 19.3. The minimum atomic E-state index is -0.479. The third-order valence-corrected chi connectivity index (χ3v) is 4.45. The molecule has 1 heterocycles. The number of phenols is 3. The van der Waals surface area contributed by atoms with Crippen LogP contribution in [0.1, 0.15) is 31.9 Å². The third kappa shape index (κ3) is 3.27. The van der Waals surface area contributed by atoms with Crippen LogP contribution in [0.4, 0.5) is 0 Å². The van der Waals surface area contributed by atoms with E-state index in [4.69, 9.17) is 4.42 Å². The summed E-state index contributed by atoms with van der Waals surface area (Å²) in [5.74, 6) is -0.738. The van der Waals surface area contributed by atoms with Crippen LogP contribution in [0.5, 0.6) is 17.2 Å². The second kappa shape index (κ2) is 7.27. The van der Waals surface area contributed by atoms with Gasteiger partial charge in [0, 0.05) is 5.56 Å². The van der Waals surface area contributed by atoms with Gasteiger partial charge in [-0.25, -0.2) is 0 Å². The fourth-order valence-corrected chi connectivity index (χ4v) is 3.03. The van der Waals surface area contributed by atoms with Crippen LogP contribution in [0.15, 0.2) is 57.3 Å². The molecule has 0 atom stereocenters. The molecule has 0 aliphatic rings. The summed E-state index contributed by atoms with van der Waals surface area (Å²) < 4.78 is 5.82. The van der Waals surface area contributed by atoms with Crippen molar-refractivity contribution in [1.29, 1.82) is 0 Å². The molecule has 5 nitrogen and oxygen atoms in total. The van der Waals surface area contributed by atoms with Gasteiger partial charge in [0.25, 0.3) is 0 Å². The van der Waals surface area contributed by atoms with Gasteiger partial charge in [-0.2, -0.15) is 0 Å². The Morgan fingerprint density at radius 3 is 2.46 bits per heavy atom. The molecule has 3 aromatic rings. The number of phenolic OH excluding ortho intramolecular Hbond substituents is 3. The fraction of sp³-hybridized carbons (Fsp3) is 0.174. The molecule has 28 heavy (non-hydrogen) atoms. The topological polar surface area (TPSA) is 90.9 Å². The van der Waals surface area contributed by atoms with E-state index >= 15 is 0 Å². The molecule has 0 unspecified atom stereocenters. The zero-order valence-electron chi connectivity index (χ0n) is 16.0. The molecule has 144 valence electrons. The molecule has 5 heteroatoms. The lowest BCUT2D eigenvalue weighted by molar-refractivity contribution is 0.444. The van der Waals surface area contributed by atoms with E-state index in [2.05, 4.69) is 6.58 Å². The second-order valence-electron chi connectivity index (χ2n) is 7.04. The summed E-state index contributed by atoms with van der Waals surface area (Å²) in [4.78, 5) is 13.1. The molecule has 0 amide bonds. The Labute approximate surface area is 162 Å². The Morgan fingerprint density at radius 1 is 1.11 bits per heavy atom. The van der Waals surface area contributed by atoms with Crippen molar-refractivity contribution in [3.63, 3.8) is 0 Å². The monoisotopic (exact) mass is 378 g/mol. The number of benzene rings is 2. The first-order valence-corrected chi connectivity index (χ1v) is 8.84. The molecule has 0 saturated heterocycles. The summed E-state index contributed by atoms with van der Waals surface area (Å²) in [5.41, 5.74) is 1.82. The van der Waals surface area contributed by atoms with Gasteiger partial charge in [0.1, 0.15) is 22.5 Å². The number of hydrogen-bond donors (Lipinski definition) is 3. The van der Waals surface area contributed by atoms with Crippen LogP contribution in [0, 0.1) is 0 Å². The number of allylic oxidation sites excluding steroid dienone is 4. The van der Waals surface area contributed by atoms with Crippen molar-refractivity contribution in [2.24, 2.45) is 0 Å². The molecule has 0 aliphatic heterocycles. The smallest absolute Gasteiger partial charge is 0.204 e. The molecule has 1 aromatic heterocycles. The number of aromatic hydroxyl groups is 3. The lowest BCUT2D eigenvalue weighted by atomic mass is 9.97. The van der Waals surface area contributed by atoms with E-state index in [1.165, 1.54) is 24.3 Å². The molecule has 0 fully saturated rings. The summed E-state index contributed by atoms with van der Waals surface area (Å²) >= 11 is 0. The van der Waals surface area contributed by atoms with Crippen molar-refractivity contribution in [1.82, 2.24) is 0 Å². The van der Waals surface area contributed by atoms with Crippen molar-refractivity contribution < 1.29 is 19.7 Å². The van der Waals surface area contributed by atoms with Gasteiger partial charge in [0.2, 0.25) is 5.43 Å². The van der Waals surface area contributed by atoms with Crippen molar-refractivity contribution in [2.75, 3.05) is 0 Å². The summed E-state index contributed by atoms with van der Waals surface area (Å²) in [6, 6.07) is 4.46. The molecular weight excluding hydrogens is 356 g/mol. The third-order valence-electron chi connectivity index (χ3n) is 4.45. The van der Waals surface area contributed by atoms with Gasteiger partial charge in [0.05, 0.1) is 10.9 Å². The number of hydrogen-bond acceptors (Lipinski definition) is 5. The average molecular weight is 378 g/mol. The van der Waals surface area contributed by atoms with Crippen LogP contribution >= 0.6 is 0 Å². The highest BCUT2D eigenvalue weighted by Crippen LogP contribution is 2.41. The average Bonchev–Trinajstić information content (AvgIpc) is 2.61. The molecule has 0 saturated carbocycles. The number of para-hydroxylation sites is 1. The van der Waals surface area contributed by atoms with Crippen LogP contribution in [-0.4, -0.2) is 15.3 Å². The minimum absolute atomic E-state index is 0.0162. The van der Waals surface area contributed by atoms with E-state index < -0.39 is 5.43 Å². The first-order valence-electron chi connectivity index (χ1n) is 8.84. The Kier molecular flexibility index (Phi) is 5.01. The van der Waals surface area contributed by atoms with Gasteiger partial charge in [-0.15, -0.1) is 0 Å². The van der Waals surface area contributed by atoms with Gasteiger partial charge < -0.3 is 19.7 Å². The Balaban J connectivity index is 2.53. The highest BCUT2D eigenvalue weighted by atomic mass is 16.4. The number of fused-ring (bicyclic) bond motifs is 2. The van der Waals surface area contributed by atoms with E-state index in [0.29, 0.717) is 12.0 Å². The summed E-state index contributed by atoms with van der Waals surface area (Å²) in [5, 5.41) is 31.8. The van der Waals surface area contributed by atoms with Crippen molar-refractivity contribution >= 4 is 28.0 Å². The lowest BCUT2D eigenvalue weighted by Gasteiger charge is -2.13. The first-order chi connectivity index (χ1) is 13.2. The van der Waals surface area contributed by atoms with E-state index in [-0.39, 0.29) is 44.8 Å². The second-order valence-corrected chi connectivity index (χ2v) is 7.04. The zero-order valence-corrected chi connectivity index (χ0v) is 16.0. The Bertz CT molecular complexity index is 1220. The zero-order chi connectivity index (χ0) is 20.6. The standard InChI is InChI=1S/C23H22O5/c1-12(2)8-10-14-19(25)16(11-9-13(3)4)23-18(20(14)26)21(27)15-6-5-7-17(24)22(15)28-23/h5-10,24-26H,1,11H2,2-4H3/b10-8+. The highest BCUT2D eigenvalue weighted by Gasteiger charge is 2.23. The molecule has 0 aliphatic carbocycles. The highest BCUT2D eigenvalue weighted by molar-refractivity contribution is 6.00. The van der Waals surface area contributed by atoms with Crippen molar-refractivity contribution in [2.45, 2.75) is 27.2 Å². The summed E-state index contributed by atoms with van der Waals surface area (Å²) in [7, 11) is 0. The van der Waals surface area contributed by atoms with Crippen LogP contribution in [0.2, 0.25) is 0 Å². The quantitative estimate of drug-likeness (QED) is 0.331. The van der Waals surface area contributed by atoms with Crippen molar-refractivity contribution in [3.8, 4) is 17.2 Å². The molecular formula is C23H22O5. The maximum Gasteiger partial charge on any atom is 0.204 e. The maximum atomic E-state index is 13.1. The van der Waals surface area contributed by atoms with Crippen molar-refractivity contribution in [3.05, 3.63) is 69.4 Å². The molecule has 0 radical (unpaired) electrons. The fourth-order valence-electron chi connectivity index (χ4n) is 3.03. The van der Waals surface area contributed by atoms with Crippen LogP contribution in [0.25, 0.3) is 28.0 Å². The van der Waals surface area contributed by atoms with E-state index in [1.807, 2.05) is 19.9 Å². The molecule has 0 bridgehead atoms. The predicted octanol–water partition coefficient (Wildman–Crippen LogP) is 5.16. The van der Waals surface area contributed by atoms with Crippen LogP contribution < -0.4 is 5.43 Å². The van der Waals surface area contributed by atoms with Gasteiger partial charge in [0.15, 0.2) is 11.3 Å². The minimum Gasteiger partial charge on any atom is -0.507 e. The normalized spacial score (nSPS) is 11.4. The summed E-state index contributed by atoms with van der Waals surface area (Å²) in [6.45, 7) is 9.38. The van der Waals surface area contributed by atoms with E-state index in [0.717, 1.165) is 11.1 Å². The van der Waals surface area contributed by atoms with Gasteiger partial charge in [-0.3, -0.25) is 4.79 Å². The Hall–Kier alpha value is -3.47. The van der Waals surface area contributed by atoms with Crippen LogP contribution in [0.3, 0.4) is 0 Å². The largest absolute Gasteiger partial charge is 0.507 e. The van der Waals surface area contributed by atoms with Crippen LogP contribution in [-0.2, 0) is 6.42 Å². The van der Waals surface area contributed by atoms with Gasteiger partial charge in [-0.1, -0.05) is 35.9 Å². The summed E-state index contributed by atoms with van der Waals surface area (Å²) in [6.07, 6.45) is 5.33. The van der Waals surface area contributed by atoms with Gasteiger partial charge >= 0.3 is 0 Å². The molecule has 0 spiro atoms. The van der Waals surface area contributed by atoms with Gasteiger partial charge in [-0.05, 0) is 45.4 Å². The van der Waals surface area contributed by atoms with E-state index in [1.54, 1.807) is 13.0 Å². The molecule has 3 N–H and O–H groups in total. The molecule has 3 rings (SSSR count). The maximum absolute atomic E-state index is 13.1. The SMILES string of the molecule is C=C(C)/C=C/c1c(O)c(CC=C(C)C)c2oc3c(O)cccc3c(=O)c2c1O. The number of rotatable bonds is 4. The predicted molar refractivity (Wildman–Crippen MR) is 112 cm³/mol. The Morgan fingerprint density at radius 2 is 1.82 bits per heavy atom. The molecule has 2 aromatic carbocycles. The van der Waals surface area contributed by atoms with E-state index in [9.17, 15) is 20.1 Å². The lowest BCUT2D eigenvalue weighted by Crippen LogP contribution is -2.05.